The van der Waals surface area contributed by atoms with Crippen LogP contribution < -0.4 is 0 Å². The van der Waals surface area contributed by atoms with Crippen molar-refractivity contribution in [1.82, 2.24) is 0 Å². The molecule has 0 aromatic heterocycles. The predicted octanol–water partition coefficient (Wildman–Crippen LogP) is 1.00. The van der Waals surface area contributed by atoms with Crippen molar-refractivity contribution in [2.24, 2.45) is 0 Å². The second kappa shape index (κ2) is 2.42. The van der Waals surface area contributed by atoms with Gasteiger partial charge in [0, 0.05) is 0 Å². The van der Waals surface area contributed by atoms with E-state index in [9.17, 15) is 0 Å². The van der Waals surface area contributed by atoms with Crippen molar-refractivity contribution in [2.75, 3.05) is 11.5 Å². The fourth-order valence-electron chi connectivity index (χ4n) is 0.208. The first-order valence-corrected chi connectivity index (χ1v) is 8.60. The van der Waals surface area contributed by atoms with Crippen LogP contribution >= 0.6 is 20.2 Å². The average molecular weight is 165 g/mol. The molecule has 2 radical (unpaired) electrons. The Balaban J connectivity index is 2.08. The molecule has 0 unspecified atom stereocenters. The Labute approximate surface area is 45.0 Å². The van der Waals surface area contributed by atoms with Crippen molar-refractivity contribution >= 4 is 33.3 Å². The average Bonchev–Trinajstić information content (AvgIpc) is 1.76. The van der Waals surface area contributed by atoms with E-state index < -0.39 is 0 Å². The Bertz CT molecular complexity index is 19.2. The van der Waals surface area contributed by atoms with Gasteiger partial charge in [-0.05, 0) is 0 Å². The van der Waals surface area contributed by atoms with Gasteiger partial charge in [0.1, 0.15) is 0 Å². The Hall–Kier alpha value is 1.24. The van der Waals surface area contributed by atoms with Crippen LogP contribution in [-0.4, -0.2) is 24.7 Å². The van der Waals surface area contributed by atoms with Crippen LogP contribution in [0.1, 0.15) is 0 Å². The molecule has 1 heterocycles. The molecule has 0 aliphatic carbocycles. The van der Waals surface area contributed by atoms with Gasteiger partial charge < -0.3 is 0 Å². The Morgan fingerprint density at radius 3 is 2.00 bits per heavy atom. The molecule has 0 atom stereocenters. The topological polar surface area (TPSA) is 0 Å². The summed E-state index contributed by atoms with van der Waals surface area (Å²) in [7, 11) is 4.32. The first-order valence-electron chi connectivity index (χ1n) is 1.49. The van der Waals surface area contributed by atoms with Crippen molar-refractivity contribution < 1.29 is 0 Å². The molecule has 0 aromatic rings. The Morgan fingerprint density at radius 1 is 1.20 bits per heavy atom. The standard InChI is InChI=1S/C2H4GeS2/c1-2-5-3-4-1/h1-2H2. The fourth-order valence-corrected chi connectivity index (χ4v) is 9.74. The third-order valence-electron chi connectivity index (χ3n) is 0.405. The zero-order valence-corrected chi connectivity index (χ0v) is 6.46. The summed E-state index contributed by atoms with van der Waals surface area (Å²) in [5.74, 6) is 2.87. The third kappa shape index (κ3) is 1.41. The van der Waals surface area contributed by atoms with E-state index in [4.69, 9.17) is 0 Å². The van der Waals surface area contributed by atoms with Crippen molar-refractivity contribution in [2.45, 2.75) is 0 Å². The van der Waals surface area contributed by atoms with Gasteiger partial charge >= 0.3 is 44.8 Å². The third-order valence-corrected chi connectivity index (χ3v) is 9.44. The summed E-state index contributed by atoms with van der Waals surface area (Å²) in [6, 6.07) is 0. The van der Waals surface area contributed by atoms with Crippen molar-refractivity contribution in [1.29, 1.82) is 0 Å². The van der Waals surface area contributed by atoms with Crippen molar-refractivity contribution in [3.05, 3.63) is 0 Å². The summed E-state index contributed by atoms with van der Waals surface area (Å²) < 4.78 is 0. The number of hydrogen-bond acceptors (Lipinski definition) is 2. The second-order valence-corrected chi connectivity index (χ2v) is 9.62. The van der Waals surface area contributed by atoms with Gasteiger partial charge in [0.25, 0.3) is 0 Å². The summed E-state index contributed by atoms with van der Waals surface area (Å²) in [6.45, 7) is 0. The molecule has 0 bridgehead atoms. The van der Waals surface area contributed by atoms with Crippen LogP contribution in [0.25, 0.3) is 0 Å². The quantitative estimate of drug-likeness (QED) is 0.491. The van der Waals surface area contributed by atoms with Gasteiger partial charge in [-0.25, -0.2) is 0 Å². The molecule has 1 aliphatic rings. The summed E-state index contributed by atoms with van der Waals surface area (Å²) in [5.41, 5.74) is 0. The van der Waals surface area contributed by atoms with E-state index >= 15 is 0 Å². The van der Waals surface area contributed by atoms with Crippen molar-refractivity contribution in [3.63, 3.8) is 0 Å². The zero-order chi connectivity index (χ0) is 3.54. The van der Waals surface area contributed by atoms with E-state index in [0.29, 0.717) is 13.1 Å². The number of hydrogen-bond donors (Lipinski definition) is 0. The maximum absolute atomic E-state index is 2.16. The van der Waals surface area contributed by atoms with E-state index in [1.165, 1.54) is 11.5 Å². The molecule has 28 valence electrons. The second-order valence-electron chi connectivity index (χ2n) is 0.780. The monoisotopic (exact) mass is 166 g/mol. The molecule has 5 heavy (non-hydrogen) atoms. The predicted molar refractivity (Wildman–Crippen MR) is 30.7 cm³/mol. The molecule has 1 rings (SSSR count). The summed E-state index contributed by atoms with van der Waals surface area (Å²) in [5, 5.41) is 0. The van der Waals surface area contributed by atoms with Gasteiger partial charge in [0.05, 0.1) is 0 Å². The summed E-state index contributed by atoms with van der Waals surface area (Å²) >= 11 is 0.472. The molecule has 0 spiro atoms. The van der Waals surface area contributed by atoms with E-state index in [-0.39, 0.29) is 0 Å². The van der Waals surface area contributed by atoms with Crippen LogP contribution in [0.4, 0.5) is 0 Å². The van der Waals surface area contributed by atoms with Gasteiger partial charge in [0.2, 0.25) is 0 Å². The van der Waals surface area contributed by atoms with Gasteiger partial charge in [-0.3, -0.25) is 0 Å². The molecule has 1 saturated heterocycles. The molecule has 0 amide bonds. The first-order chi connectivity index (χ1) is 2.50. The molecular formula is C2H4GeS2. The molecule has 1 fully saturated rings. The molecule has 0 nitrogen and oxygen atoms in total. The fraction of sp³-hybridized carbons (Fsp3) is 1.00. The molecule has 3 heteroatoms. The summed E-state index contributed by atoms with van der Waals surface area (Å²) in [4.78, 5) is 0. The minimum absolute atomic E-state index is 0.472. The van der Waals surface area contributed by atoms with E-state index in [1.807, 2.05) is 0 Å². The van der Waals surface area contributed by atoms with Gasteiger partial charge in [-0.15, -0.1) is 0 Å². The van der Waals surface area contributed by atoms with Gasteiger partial charge in [0.15, 0.2) is 0 Å². The van der Waals surface area contributed by atoms with Crippen LogP contribution in [0.3, 0.4) is 0 Å². The number of rotatable bonds is 0. The van der Waals surface area contributed by atoms with Crippen LogP contribution in [0, 0.1) is 0 Å². The molecule has 0 saturated carbocycles. The maximum atomic E-state index is 2.16. The molecule has 0 N–H and O–H groups in total. The van der Waals surface area contributed by atoms with Gasteiger partial charge in [-0.1, -0.05) is 0 Å². The zero-order valence-electron chi connectivity index (χ0n) is 2.73. The Morgan fingerprint density at radius 2 is 1.80 bits per heavy atom. The SMILES string of the molecule is C1C[S][Ge][S]1. The van der Waals surface area contributed by atoms with Gasteiger partial charge in [-0.2, -0.15) is 0 Å². The van der Waals surface area contributed by atoms with E-state index in [1.54, 1.807) is 0 Å². The Kier molecular flexibility index (Phi) is 2.13. The van der Waals surface area contributed by atoms with E-state index in [2.05, 4.69) is 20.2 Å². The van der Waals surface area contributed by atoms with Crippen molar-refractivity contribution in [3.8, 4) is 0 Å². The van der Waals surface area contributed by atoms with Crippen LogP contribution in [0.2, 0.25) is 0 Å². The first kappa shape index (κ1) is 4.40. The normalized spacial score (nSPS) is 24.0. The minimum atomic E-state index is 0.472. The van der Waals surface area contributed by atoms with Crippen LogP contribution in [-0.2, 0) is 0 Å². The van der Waals surface area contributed by atoms with Crippen LogP contribution in [0.15, 0.2) is 0 Å². The van der Waals surface area contributed by atoms with E-state index in [0.717, 1.165) is 0 Å². The molecule has 0 aromatic carbocycles. The summed E-state index contributed by atoms with van der Waals surface area (Å²) in [6.07, 6.45) is 0. The van der Waals surface area contributed by atoms with Crippen LogP contribution in [0.5, 0.6) is 0 Å². The molecule has 1 aliphatic heterocycles. The molecular weight excluding hydrogens is 161 g/mol.